The van der Waals surface area contributed by atoms with Crippen LogP contribution in [0, 0.1) is 0 Å². The van der Waals surface area contributed by atoms with Crippen molar-refractivity contribution in [3.8, 4) is 0 Å². The third-order valence-electron chi connectivity index (χ3n) is 4.01. The van der Waals surface area contributed by atoms with Gasteiger partial charge in [0, 0.05) is 24.2 Å². The molecule has 0 bridgehead atoms. The molecule has 1 aromatic rings. The Morgan fingerprint density at radius 2 is 2.00 bits per heavy atom. The van der Waals surface area contributed by atoms with E-state index in [1.807, 2.05) is 0 Å². The highest BCUT2D eigenvalue weighted by Gasteiger charge is 2.31. The first kappa shape index (κ1) is 16.4. The lowest BCUT2D eigenvalue weighted by Gasteiger charge is -2.31. The first-order valence-corrected chi connectivity index (χ1v) is 7.84. The van der Waals surface area contributed by atoms with Gasteiger partial charge in [-0.05, 0) is 45.4 Å². The Hall–Kier alpha value is -0.970. The third kappa shape index (κ3) is 4.02. The van der Waals surface area contributed by atoms with E-state index < -0.39 is 0 Å². The fraction of sp³-hybridized carbons (Fsp3) is 0.533. The second-order valence-electron chi connectivity index (χ2n) is 6.06. The van der Waals surface area contributed by atoms with Gasteiger partial charge in [0.2, 0.25) is 5.91 Å². The summed E-state index contributed by atoms with van der Waals surface area (Å²) in [5.41, 5.74) is 6.72. The SMILES string of the molecule is CC1(C)CCCN1CCC(=O)Nc1c(Cl)cc(N)cc1Cl. The maximum absolute atomic E-state index is 12.1. The van der Waals surface area contributed by atoms with E-state index in [1.165, 1.54) is 12.8 Å². The van der Waals surface area contributed by atoms with Gasteiger partial charge in [-0.2, -0.15) is 0 Å². The van der Waals surface area contributed by atoms with Crippen LogP contribution in [-0.4, -0.2) is 29.4 Å². The van der Waals surface area contributed by atoms with E-state index in [4.69, 9.17) is 28.9 Å². The van der Waals surface area contributed by atoms with Crippen molar-refractivity contribution >= 4 is 40.5 Å². The number of nitrogens with two attached hydrogens (primary N) is 1. The van der Waals surface area contributed by atoms with Crippen molar-refractivity contribution in [2.45, 2.75) is 38.6 Å². The number of amides is 1. The molecular formula is C15H21Cl2N3O. The summed E-state index contributed by atoms with van der Waals surface area (Å²) >= 11 is 12.1. The molecule has 2 rings (SSSR count). The van der Waals surface area contributed by atoms with Crippen LogP contribution in [-0.2, 0) is 4.79 Å². The molecule has 1 saturated heterocycles. The van der Waals surface area contributed by atoms with Crippen LogP contribution < -0.4 is 11.1 Å². The van der Waals surface area contributed by atoms with E-state index in [0.29, 0.717) is 27.8 Å². The number of nitrogens with one attached hydrogen (secondary N) is 1. The largest absolute Gasteiger partial charge is 0.399 e. The molecular weight excluding hydrogens is 309 g/mol. The summed E-state index contributed by atoms with van der Waals surface area (Å²) in [6.07, 6.45) is 2.77. The van der Waals surface area contributed by atoms with Crippen LogP contribution in [0.5, 0.6) is 0 Å². The molecule has 0 spiro atoms. The predicted molar refractivity (Wildman–Crippen MR) is 89.0 cm³/mol. The molecule has 0 saturated carbocycles. The normalized spacial score (nSPS) is 17.9. The molecule has 6 heteroatoms. The molecule has 1 aliphatic rings. The van der Waals surface area contributed by atoms with Crippen LogP contribution in [0.2, 0.25) is 10.0 Å². The molecule has 0 radical (unpaired) electrons. The Morgan fingerprint density at radius 1 is 1.38 bits per heavy atom. The van der Waals surface area contributed by atoms with Crippen LogP contribution >= 0.6 is 23.2 Å². The van der Waals surface area contributed by atoms with E-state index in [1.54, 1.807) is 12.1 Å². The van der Waals surface area contributed by atoms with Crippen molar-refractivity contribution in [2.75, 3.05) is 24.1 Å². The number of hydrogen-bond donors (Lipinski definition) is 2. The summed E-state index contributed by atoms with van der Waals surface area (Å²) in [6.45, 7) is 6.21. The number of hydrogen-bond acceptors (Lipinski definition) is 3. The van der Waals surface area contributed by atoms with Crippen molar-refractivity contribution in [1.82, 2.24) is 4.90 Å². The van der Waals surface area contributed by atoms with Crippen LogP contribution in [0.15, 0.2) is 12.1 Å². The van der Waals surface area contributed by atoms with Crippen LogP contribution in [0.1, 0.15) is 33.1 Å². The average molecular weight is 330 g/mol. The number of carbonyl (C=O) groups is 1. The van der Waals surface area contributed by atoms with Crippen LogP contribution in [0.25, 0.3) is 0 Å². The van der Waals surface area contributed by atoms with E-state index >= 15 is 0 Å². The first-order chi connectivity index (χ1) is 9.79. The van der Waals surface area contributed by atoms with Gasteiger partial charge in [-0.1, -0.05) is 23.2 Å². The standard InChI is InChI=1S/C15H21Cl2N3O/c1-15(2)5-3-6-20(15)7-4-13(21)19-14-11(16)8-10(18)9-12(14)17/h8-9H,3-7,18H2,1-2H3,(H,19,21). The fourth-order valence-corrected chi connectivity index (χ4v) is 3.33. The van der Waals surface area contributed by atoms with Crippen molar-refractivity contribution < 1.29 is 4.79 Å². The van der Waals surface area contributed by atoms with Gasteiger partial charge in [0.05, 0.1) is 15.7 Å². The molecule has 0 aromatic heterocycles. The van der Waals surface area contributed by atoms with Crippen molar-refractivity contribution in [1.29, 1.82) is 0 Å². The second kappa shape index (κ2) is 6.42. The summed E-state index contributed by atoms with van der Waals surface area (Å²) in [5, 5.41) is 3.48. The van der Waals surface area contributed by atoms with Crippen molar-refractivity contribution in [3.05, 3.63) is 22.2 Å². The lowest BCUT2D eigenvalue weighted by atomic mass is 10.0. The van der Waals surface area contributed by atoms with E-state index in [-0.39, 0.29) is 11.4 Å². The molecule has 21 heavy (non-hydrogen) atoms. The van der Waals surface area contributed by atoms with Crippen molar-refractivity contribution in [2.24, 2.45) is 0 Å². The molecule has 1 fully saturated rings. The summed E-state index contributed by atoms with van der Waals surface area (Å²) in [6, 6.07) is 3.15. The number of benzene rings is 1. The molecule has 3 N–H and O–H groups in total. The zero-order valence-corrected chi connectivity index (χ0v) is 13.9. The maximum Gasteiger partial charge on any atom is 0.225 e. The molecule has 1 aromatic carbocycles. The number of likely N-dealkylation sites (tertiary alicyclic amines) is 1. The molecule has 1 amide bonds. The predicted octanol–water partition coefficient (Wildman–Crippen LogP) is 3.78. The lowest BCUT2D eigenvalue weighted by molar-refractivity contribution is -0.116. The van der Waals surface area contributed by atoms with E-state index in [9.17, 15) is 4.79 Å². The maximum atomic E-state index is 12.1. The fourth-order valence-electron chi connectivity index (χ4n) is 2.73. The van der Waals surface area contributed by atoms with E-state index in [2.05, 4.69) is 24.1 Å². The molecule has 1 heterocycles. The second-order valence-corrected chi connectivity index (χ2v) is 6.88. The Morgan fingerprint density at radius 3 is 2.52 bits per heavy atom. The molecule has 0 atom stereocenters. The topological polar surface area (TPSA) is 58.4 Å². The summed E-state index contributed by atoms with van der Waals surface area (Å²) in [4.78, 5) is 14.4. The zero-order valence-electron chi connectivity index (χ0n) is 12.4. The zero-order chi connectivity index (χ0) is 15.6. The van der Waals surface area contributed by atoms with Gasteiger partial charge >= 0.3 is 0 Å². The van der Waals surface area contributed by atoms with Crippen LogP contribution in [0.4, 0.5) is 11.4 Å². The highest BCUT2D eigenvalue weighted by molar-refractivity contribution is 6.40. The minimum absolute atomic E-state index is 0.0914. The van der Waals surface area contributed by atoms with Crippen molar-refractivity contribution in [3.63, 3.8) is 0 Å². The number of halogens is 2. The Bertz CT molecular complexity index is 523. The molecule has 4 nitrogen and oxygen atoms in total. The van der Waals surface area contributed by atoms with E-state index in [0.717, 1.165) is 13.1 Å². The van der Waals surface area contributed by atoms with Gasteiger partial charge in [-0.15, -0.1) is 0 Å². The molecule has 116 valence electrons. The summed E-state index contributed by atoms with van der Waals surface area (Å²) < 4.78 is 0. The summed E-state index contributed by atoms with van der Waals surface area (Å²) in [7, 11) is 0. The number of rotatable bonds is 4. The van der Waals surface area contributed by atoms with Gasteiger partial charge in [0.1, 0.15) is 0 Å². The minimum Gasteiger partial charge on any atom is -0.399 e. The molecule has 1 aliphatic heterocycles. The first-order valence-electron chi connectivity index (χ1n) is 7.09. The molecule has 0 aliphatic carbocycles. The minimum atomic E-state index is -0.0914. The average Bonchev–Trinajstić information content (AvgIpc) is 2.70. The Labute approximate surface area is 135 Å². The van der Waals surface area contributed by atoms with Gasteiger partial charge in [-0.3, -0.25) is 9.69 Å². The monoisotopic (exact) mass is 329 g/mol. The van der Waals surface area contributed by atoms with Gasteiger partial charge < -0.3 is 11.1 Å². The Balaban J connectivity index is 1.94. The van der Waals surface area contributed by atoms with Crippen LogP contribution in [0.3, 0.4) is 0 Å². The highest BCUT2D eigenvalue weighted by atomic mass is 35.5. The quantitative estimate of drug-likeness (QED) is 0.826. The highest BCUT2D eigenvalue weighted by Crippen LogP contribution is 2.33. The summed E-state index contributed by atoms with van der Waals surface area (Å²) in [5.74, 6) is -0.0914. The number of carbonyl (C=O) groups excluding carboxylic acids is 1. The third-order valence-corrected chi connectivity index (χ3v) is 4.61. The number of anilines is 2. The van der Waals surface area contributed by atoms with Gasteiger partial charge in [0.15, 0.2) is 0 Å². The number of nitrogen functional groups attached to an aromatic ring is 1. The molecule has 0 unspecified atom stereocenters. The smallest absolute Gasteiger partial charge is 0.225 e. The lowest BCUT2D eigenvalue weighted by Crippen LogP contribution is -2.39. The van der Waals surface area contributed by atoms with Gasteiger partial charge in [-0.25, -0.2) is 0 Å². The Kier molecular flexibility index (Phi) is 5.02. The van der Waals surface area contributed by atoms with Gasteiger partial charge in [0.25, 0.3) is 0 Å². The number of nitrogens with zero attached hydrogens (tertiary/aromatic N) is 1.